The number of thiocarbonyl (C=S) groups is 1. The van der Waals surface area contributed by atoms with E-state index in [1.54, 1.807) is 30.3 Å². The normalized spacial score (nSPS) is 10.5. The fourth-order valence-corrected chi connectivity index (χ4v) is 4.22. The highest BCUT2D eigenvalue weighted by Gasteiger charge is 2.12. The SMILES string of the molecule is CCN(CC)c1ccc(C(=O)NC(=S)Nc2nc(-c3cc(Cl)ccc3Cl)cs2)cc1. The highest BCUT2D eigenvalue weighted by Crippen LogP contribution is 2.32. The maximum absolute atomic E-state index is 12.5. The lowest BCUT2D eigenvalue weighted by atomic mass is 10.2. The summed E-state index contributed by atoms with van der Waals surface area (Å²) in [6, 6.07) is 12.6. The maximum atomic E-state index is 12.5. The predicted octanol–water partition coefficient (Wildman–Crippen LogP) is 6.09. The molecule has 1 amide bonds. The Balaban J connectivity index is 1.62. The molecule has 156 valence electrons. The largest absolute Gasteiger partial charge is 0.372 e. The van der Waals surface area contributed by atoms with E-state index in [1.807, 2.05) is 17.5 Å². The zero-order valence-corrected chi connectivity index (χ0v) is 19.6. The summed E-state index contributed by atoms with van der Waals surface area (Å²) >= 11 is 18.9. The summed E-state index contributed by atoms with van der Waals surface area (Å²) in [5, 5.41) is 9.31. The lowest BCUT2D eigenvalue weighted by Gasteiger charge is -2.21. The minimum atomic E-state index is -0.284. The molecular weight excluding hydrogens is 459 g/mol. The summed E-state index contributed by atoms with van der Waals surface area (Å²) in [6.07, 6.45) is 0. The van der Waals surface area contributed by atoms with Crippen LogP contribution in [-0.4, -0.2) is 29.1 Å². The first-order chi connectivity index (χ1) is 14.4. The average Bonchev–Trinajstić information content (AvgIpc) is 3.19. The number of aromatic nitrogens is 1. The second kappa shape index (κ2) is 10.2. The van der Waals surface area contributed by atoms with Gasteiger partial charge in [-0.15, -0.1) is 11.3 Å². The Bertz CT molecular complexity index is 1050. The molecule has 0 atom stereocenters. The number of nitrogens with zero attached hydrogens (tertiary/aromatic N) is 2. The van der Waals surface area contributed by atoms with Crippen LogP contribution in [0.3, 0.4) is 0 Å². The van der Waals surface area contributed by atoms with Crippen LogP contribution >= 0.6 is 46.8 Å². The van der Waals surface area contributed by atoms with E-state index < -0.39 is 0 Å². The van der Waals surface area contributed by atoms with Crippen molar-refractivity contribution in [3.8, 4) is 11.3 Å². The molecule has 0 fully saturated rings. The molecule has 0 bridgehead atoms. The number of carbonyl (C=O) groups is 1. The number of nitrogens with one attached hydrogen (secondary N) is 2. The second-order valence-corrected chi connectivity index (χ2v) is 8.40. The quantitative estimate of drug-likeness (QED) is 0.419. The van der Waals surface area contributed by atoms with Crippen molar-refractivity contribution in [1.29, 1.82) is 0 Å². The molecule has 0 aliphatic rings. The van der Waals surface area contributed by atoms with Crippen LogP contribution in [0.25, 0.3) is 11.3 Å². The standard InChI is InChI=1S/C21H20Cl2N4OS2/c1-3-27(4-2)15-8-5-13(6-9-15)19(28)25-20(29)26-21-24-18(12-30-21)16-11-14(22)7-10-17(16)23/h5-12H,3-4H2,1-2H3,(H2,24,25,26,28,29). The number of hydrogen-bond acceptors (Lipinski definition) is 5. The molecular formula is C21H20Cl2N4OS2. The highest BCUT2D eigenvalue weighted by molar-refractivity contribution is 7.80. The minimum Gasteiger partial charge on any atom is -0.372 e. The van der Waals surface area contributed by atoms with Gasteiger partial charge < -0.3 is 10.2 Å². The van der Waals surface area contributed by atoms with Crippen molar-refractivity contribution >= 4 is 68.6 Å². The summed E-state index contributed by atoms with van der Waals surface area (Å²) in [7, 11) is 0. The van der Waals surface area contributed by atoms with Crippen LogP contribution in [0.2, 0.25) is 10.0 Å². The third-order valence-corrected chi connectivity index (χ3v) is 5.94. The van der Waals surface area contributed by atoms with E-state index in [9.17, 15) is 4.79 Å². The van der Waals surface area contributed by atoms with Crippen LogP contribution in [0.4, 0.5) is 10.8 Å². The molecule has 1 heterocycles. The highest BCUT2D eigenvalue weighted by atomic mass is 35.5. The molecule has 0 saturated heterocycles. The maximum Gasteiger partial charge on any atom is 0.257 e. The van der Waals surface area contributed by atoms with Crippen LogP contribution in [0.15, 0.2) is 47.8 Å². The Morgan fingerprint density at radius 3 is 2.50 bits per heavy atom. The van der Waals surface area contributed by atoms with Gasteiger partial charge in [0.15, 0.2) is 10.2 Å². The van der Waals surface area contributed by atoms with Crippen LogP contribution in [-0.2, 0) is 0 Å². The van der Waals surface area contributed by atoms with Crippen LogP contribution < -0.4 is 15.5 Å². The molecule has 9 heteroatoms. The number of rotatable bonds is 6. The van der Waals surface area contributed by atoms with Crippen LogP contribution in [0, 0.1) is 0 Å². The summed E-state index contributed by atoms with van der Waals surface area (Å²) in [6.45, 7) is 6.01. The Morgan fingerprint density at radius 2 is 1.83 bits per heavy atom. The minimum absolute atomic E-state index is 0.172. The monoisotopic (exact) mass is 478 g/mol. The van der Waals surface area contributed by atoms with Gasteiger partial charge in [0.25, 0.3) is 5.91 Å². The Hall–Kier alpha value is -2.19. The number of benzene rings is 2. The Kier molecular flexibility index (Phi) is 7.66. The molecule has 30 heavy (non-hydrogen) atoms. The van der Waals surface area contributed by atoms with Gasteiger partial charge in [0.1, 0.15) is 0 Å². The molecule has 0 aliphatic carbocycles. The van der Waals surface area contributed by atoms with Gasteiger partial charge in [-0.05, 0) is 68.5 Å². The molecule has 2 N–H and O–H groups in total. The van der Waals surface area contributed by atoms with Crippen molar-refractivity contribution < 1.29 is 4.79 Å². The number of thiazole rings is 1. The van der Waals surface area contributed by atoms with Gasteiger partial charge in [-0.1, -0.05) is 23.2 Å². The zero-order valence-electron chi connectivity index (χ0n) is 16.4. The third-order valence-electron chi connectivity index (χ3n) is 4.41. The molecule has 2 aromatic carbocycles. The first kappa shape index (κ1) is 22.5. The molecule has 0 unspecified atom stereocenters. The summed E-state index contributed by atoms with van der Waals surface area (Å²) in [4.78, 5) is 19.2. The second-order valence-electron chi connectivity index (χ2n) is 6.29. The molecule has 3 rings (SSSR count). The Morgan fingerprint density at radius 1 is 1.13 bits per heavy atom. The van der Waals surface area contributed by atoms with E-state index in [1.165, 1.54) is 11.3 Å². The van der Waals surface area contributed by atoms with E-state index in [2.05, 4.69) is 34.4 Å². The van der Waals surface area contributed by atoms with Crippen molar-refractivity contribution in [2.24, 2.45) is 0 Å². The Labute approximate surface area is 195 Å². The van der Waals surface area contributed by atoms with Crippen molar-refractivity contribution in [3.05, 3.63) is 63.5 Å². The molecule has 0 spiro atoms. The summed E-state index contributed by atoms with van der Waals surface area (Å²) in [5.41, 5.74) is 3.01. The number of hydrogen-bond donors (Lipinski definition) is 2. The average molecular weight is 479 g/mol. The van der Waals surface area contributed by atoms with Crippen LogP contribution in [0.5, 0.6) is 0 Å². The lowest BCUT2D eigenvalue weighted by Crippen LogP contribution is -2.34. The molecule has 0 saturated carbocycles. The van der Waals surface area contributed by atoms with E-state index in [4.69, 9.17) is 35.4 Å². The number of halogens is 2. The fraction of sp³-hybridized carbons (Fsp3) is 0.190. The summed E-state index contributed by atoms with van der Waals surface area (Å²) < 4.78 is 0. The van der Waals surface area contributed by atoms with Gasteiger partial charge >= 0.3 is 0 Å². The van der Waals surface area contributed by atoms with Crippen LogP contribution in [0.1, 0.15) is 24.2 Å². The van der Waals surface area contributed by atoms with E-state index >= 15 is 0 Å². The first-order valence-corrected chi connectivity index (χ1v) is 11.3. The van der Waals surface area contributed by atoms with Gasteiger partial charge in [-0.2, -0.15) is 0 Å². The third kappa shape index (κ3) is 5.49. The number of amides is 1. The summed E-state index contributed by atoms with van der Waals surface area (Å²) in [5.74, 6) is -0.284. The molecule has 3 aromatic rings. The smallest absolute Gasteiger partial charge is 0.257 e. The van der Waals surface area contributed by atoms with Crippen molar-refractivity contribution in [3.63, 3.8) is 0 Å². The van der Waals surface area contributed by atoms with Crippen molar-refractivity contribution in [2.45, 2.75) is 13.8 Å². The van der Waals surface area contributed by atoms with Crippen molar-refractivity contribution in [2.75, 3.05) is 23.3 Å². The van der Waals surface area contributed by atoms with Gasteiger partial charge in [-0.3, -0.25) is 10.1 Å². The van der Waals surface area contributed by atoms with Gasteiger partial charge in [-0.25, -0.2) is 4.98 Å². The lowest BCUT2D eigenvalue weighted by molar-refractivity contribution is 0.0978. The van der Waals surface area contributed by atoms with E-state index in [0.717, 1.165) is 24.3 Å². The van der Waals surface area contributed by atoms with E-state index in [0.29, 0.717) is 26.4 Å². The topological polar surface area (TPSA) is 57.3 Å². The number of anilines is 2. The molecule has 0 radical (unpaired) electrons. The van der Waals surface area contributed by atoms with Gasteiger partial charge in [0.05, 0.1) is 10.7 Å². The zero-order chi connectivity index (χ0) is 21.7. The van der Waals surface area contributed by atoms with Crippen molar-refractivity contribution in [1.82, 2.24) is 10.3 Å². The first-order valence-electron chi connectivity index (χ1n) is 9.29. The van der Waals surface area contributed by atoms with Gasteiger partial charge in [0, 0.05) is 40.3 Å². The molecule has 1 aromatic heterocycles. The number of carbonyl (C=O) groups excluding carboxylic acids is 1. The molecule has 5 nitrogen and oxygen atoms in total. The van der Waals surface area contributed by atoms with Gasteiger partial charge in [0.2, 0.25) is 0 Å². The fourth-order valence-electron chi connectivity index (χ4n) is 2.86. The molecule has 0 aliphatic heterocycles. The van der Waals surface area contributed by atoms with E-state index in [-0.39, 0.29) is 11.0 Å². The predicted molar refractivity (Wildman–Crippen MR) is 131 cm³/mol.